The molecule has 0 aliphatic rings. The molecule has 0 aromatic heterocycles. The number of hydrazone groups is 2. The van der Waals surface area contributed by atoms with E-state index in [2.05, 4.69) is 21.1 Å². The van der Waals surface area contributed by atoms with Crippen molar-refractivity contribution in [3.8, 4) is 0 Å². The molecular formula is C17H18N4O. The van der Waals surface area contributed by atoms with Crippen molar-refractivity contribution in [3.05, 3.63) is 66.2 Å². The zero-order valence-corrected chi connectivity index (χ0v) is 12.6. The Morgan fingerprint density at radius 1 is 0.818 bits per heavy atom. The Balaban J connectivity index is 1.95. The topological polar surface area (TPSA) is 65.8 Å². The van der Waals surface area contributed by atoms with Gasteiger partial charge in [-0.1, -0.05) is 36.4 Å². The fraction of sp³-hybridized carbons (Fsp3) is 0.118. The molecule has 0 bridgehead atoms. The van der Waals surface area contributed by atoms with Gasteiger partial charge in [0.05, 0.1) is 17.1 Å². The molecule has 0 fully saturated rings. The maximum Gasteiger partial charge on any atom is 0.271 e. The Bertz CT molecular complexity index is 678. The number of rotatable bonds is 5. The SMILES string of the molecule is CC(=N\NC(=O)c1ccccc1)/C(C)=N/Nc1ccccc1. The number of carbonyl (C=O) groups is 1. The Labute approximate surface area is 129 Å². The van der Waals surface area contributed by atoms with Gasteiger partial charge in [-0.2, -0.15) is 10.2 Å². The van der Waals surface area contributed by atoms with Gasteiger partial charge in [-0.25, -0.2) is 5.43 Å². The molecule has 0 aliphatic carbocycles. The lowest BCUT2D eigenvalue weighted by Crippen LogP contribution is -2.21. The molecule has 0 saturated carbocycles. The summed E-state index contributed by atoms with van der Waals surface area (Å²) in [7, 11) is 0. The predicted octanol–water partition coefficient (Wildman–Crippen LogP) is 3.28. The van der Waals surface area contributed by atoms with E-state index in [1.54, 1.807) is 19.1 Å². The molecule has 2 N–H and O–H groups in total. The zero-order valence-electron chi connectivity index (χ0n) is 12.6. The van der Waals surface area contributed by atoms with Crippen LogP contribution in [0.25, 0.3) is 0 Å². The second kappa shape index (κ2) is 7.73. The number of nitrogens with zero attached hydrogens (tertiary/aromatic N) is 2. The second-order valence-electron chi connectivity index (χ2n) is 4.68. The largest absolute Gasteiger partial charge is 0.278 e. The molecule has 0 spiro atoms. The minimum Gasteiger partial charge on any atom is -0.278 e. The van der Waals surface area contributed by atoms with Crippen molar-refractivity contribution >= 4 is 23.0 Å². The summed E-state index contributed by atoms with van der Waals surface area (Å²) in [5, 5.41) is 8.29. The van der Waals surface area contributed by atoms with Crippen molar-refractivity contribution in [3.63, 3.8) is 0 Å². The highest BCUT2D eigenvalue weighted by atomic mass is 16.2. The lowest BCUT2D eigenvalue weighted by Gasteiger charge is -2.04. The summed E-state index contributed by atoms with van der Waals surface area (Å²) in [5.41, 5.74) is 8.24. The van der Waals surface area contributed by atoms with Crippen molar-refractivity contribution in [1.82, 2.24) is 5.43 Å². The number of hydrogen-bond acceptors (Lipinski definition) is 4. The van der Waals surface area contributed by atoms with Crippen LogP contribution in [-0.2, 0) is 0 Å². The quantitative estimate of drug-likeness (QED) is 0.656. The first kappa shape index (κ1) is 15.4. The Morgan fingerprint density at radius 3 is 2.00 bits per heavy atom. The van der Waals surface area contributed by atoms with Crippen molar-refractivity contribution in [2.45, 2.75) is 13.8 Å². The van der Waals surface area contributed by atoms with Crippen LogP contribution in [0.1, 0.15) is 24.2 Å². The molecule has 5 nitrogen and oxygen atoms in total. The summed E-state index contributed by atoms with van der Waals surface area (Å²) in [5.74, 6) is -0.247. The van der Waals surface area contributed by atoms with Gasteiger partial charge in [0.15, 0.2) is 0 Å². The minimum absolute atomic E-state index is 0.247. The van der Waals surface area contributed by atoms with Crippen LogP contribution < -0.4 is 10.9 Å². The lowest BCUT2D eigenvalue weighted by atomic mass is 10.2. The third-order valence-electron chi connectivity index (χ3n) is 3.01. The van der Waals surface area contributed by atoms with E-state index >= 15 is 0 Å². The minimum atomic E-state index is -0.247. The van der Waals surface area contributed by atoms with Crippen LogP contribution in [0.4, 0.5) is 5.69 Å². The van der Waals surface area contributed by atoms with Crippen LogP contribution in [-0.4, -0.2) is 17.3 Å². The number of anilines is 1. The third-order valence-corrected chi connectivity index (χ3v) is 3.01. The summed E-state index contributed by atoms with van der Waals surface area (Å²) >= 11 is 0. The Kier molecular flexibility index (Phi) is 5.43. The molecule has 22 heavy (non-hydrogen) atoms. The molecule has 0 radical (unpaired) electrons. The van der Waals surface area contributed by atoms with Crippen molar-refractivity contribution < 1.29 is 4.79 Å². The van der Waals surface area contributed by atoms with E-state index in [0.29, 0.717) is 17.0 Å². The average Bonchev–Trinajstić information content (AvgIpc) is 2.58. The highest BCUT2D eigenvalue weighted by Crippen LogP contribution is 2.04. The highest BCUT2D eigenvalue weighted by Gasteiger charge is 2.03. The number of benzene rings is 2. The van der Waals surface area contributed by atoms with E-state index in [1.807, 2.05) is 55.5 Å². The van der Waals surface area contributed by atoms with E-state index in [0.717, 1.165) is 5.69 Å². The smallest absolute Gasteiger partial charge is 0.271 e. The average molecular weight is 294 g/mol. The maximum atomic E-state index is 11.9. The van der Waals surface area contributed by atoms with E-state index in [4.69, 9.17) is 0 Å². The van der Waals surface area contributed by atoms with Crippen LogP contribution in [0.3, 0.4) is 0 Å². The standard InChI is InChI=1S/C17H18N4O/c1-13(18-20-16-11-7-4-8-12-16)14(2)19-21-17(22)15-9-5-3-6-10-15/h3-12,20H,1-2H3,(H,21,22)/b18-13+,19-14+. The number of para-hydroxylation sites is 1. The summed E-state index contributed by atoms with van der Waals surface area (Å²) in [6.45, 7) is 3.61. The normalized spacial score (nSPS) is 11.9. The Morgan fingerprint density at radius 2 is 1.36 bits per heavy atom. The van der Waals surface area contributed by atoms with E-state index in [1.165, 1.54) is 0 Å². The first-order valence-electron chi connectivity index (χ1n) is 6.92. The van der Waals surface area contributed by atoms with E-state index in [9.17, 15) is 4.79 Å². The van der Waals surface area contributed by atoms with Gasteiger partial charge >= 0.3 is 0 Å². The van der Waals surface area contributed by atoms with Gasteiger partial charge in [-0.05, 0) is 38.1 Å². The first-order chi connectivity index (χ1) is 10.7. The maximum absolute atomic E-state index is 11.9. The van der Waals surface area contributed by atoms with Gasteiger partial charge in [0.1, 0.15) is 0 Å². The summed E-state index contributed by atoms with van der Waals surface area (Å²) < 4.78 is 0. The molecule has 2 aromatic rings. The lowest BCUT2D eigenvalue weighted by molar-refractivity contribution is 0.0955. The molecule has 5 heteroatoms. The zero-order chi connectivity index (χ0) is 15.8. The molecule has 0 unspecified atom stereocenters. The number of hydrogen-bond donors (Lipinski definition) is 2. The monoisotopic (exact) mass is 294 g/mol. The van der Waals surface area contributed by atoms with Crippen molar-refractivity contribution in [2.24, 2.45) is 10.2 Å². The number of amides is 1. The molecule has 0 saturated heterocycles. The van der Waals surface area contributed by atoms with Crippen LogP contribution in [0, 0.1) is 0 Å². The van der Waals surface area contributed by atoms with Gasteiger partial charge in [0.2, 0.25) is 0 Å². The van der Waals surface area contributed by atoms with Gasteiger partial charge in [-0.3, -0.25) is 10.2 Å². The highest BCUT2D eigenvalue weighted by molar-refractivity contribution is 6.40. The second-order valence-corrected chi connectivity index (χ2v) is 4.68. The van der Waals surface area contributed by atoms with Crippen LogP contribution in [0.5, 0.6) is 0 Å². The molecule has 2 rings (SSSR count). The molecule has 0 atom stereocenters. The van der Waals surface area contributed by atoms with Gasteiger partial charge < -0.3 is 0 Å². The Hall–Kier alpha value is -2.95. The van der Waals surface area contributed by atoms with Crippen LogP contribution in [0.15, 0.2) is 70.9 Å². The molecule has 1 amide bonds. The molecule has 2 aromatic carbocycles. The number of nitrogens with one attached hydrogen (secondary N) is 2. The van der Waals surface area contributed by atoms with Gasteiger partial charge in [0.25, 0.3) is 5.91 Å². The van der Waals surface area contributed by atoms with Gasteiger partial charge in [0, 0.05) is 5.56 Å². The van der Waals surface area contributed by atoms with Crippen LogP contribution >= 0.6 is 0 Å². The fourth-order valence-corrected chi connectivity index (χ4v) is 1.61. The molecular weight excluding hydrogens is 276 g/mol. The number of carbonyl (C=O) groups excluding carboxylic acids is 1. The summed E-state index contributed by atoms with van der Waals surface area (Å²) in [6, 6.07) is 18.6. The van der Waals surface area contributed by atoms with E-state index in [-0.39, 0.29) is 5.91 Å². The molecule has 112 valence electrons. The summed E-state index contributed by atoms with van der Waals surface area (Å²) in [6.07, 6.45) is 0. The van der Waals surface area contributed by atoms with Crippen LogP contribution in [0.2, 0.25) is 0 Å². The van der Waals surface area contributed by atoms with Gasteiger partial charge in [-0.15, -0.1) is 0 Å². The molecule has 0 aliphatic heterocycles. The van der Waals surface area contributed by atoms with Crippen molar-refractivity contribution in [2.75, 3.05) is 5.43 Å². The summed E-state index contributed by atoms with van der Waals surface area (Å²) in [4.78, 5) is 11.9. The predicted molar refractivity (Wildman–Crippen MR) is 90.2 cm³/mol. The third kappa shape index (κ3) is 4.56. The molecule has 0 heterocycles. The fourth-order valence-electron chi connectivity index (χ4n) is 1.61. The first-order valence-corrected chi connectivity index (χ1v) is 6.92. The van der Waals surface area contributed by atoms with E-state index < -0.39 is 0 Å². The van der Waals surface area contributed by atoms with Crippen molar-refractivity contribution in [1.29, 1.82) is 0 Å².